The van der Waals surface area contributed by atoms with Gasteiger partial charge in [-0.05, 0) is 30.2 Å². The van der Waals surface area contributed by atoms with E-state index in [0.29, 0.717) is 21.9 Å². The van der Waals surface area contributed by atoms with E-state index in [-0.39, 0.29) is 11.7 Å². The standard InChI is InChI=1S/C15H24N2OS/c1-9(2)13(18)14-11(16)7-12(19-14)17-8-15(5-6-15)10(3)4/h7,9-10,17H,5-6,8,16H2,1-4H3. The Balaban J connectivity index is 2.03. The third-order valence-corrected chi connectivity index (χ3v) is 5.36. The van der Waals surface area contributed by atoms with Crippen molar-refractivity contribution in [2.24, 2.45) is 17.3 Å². The number of nitrogen functional groups attached to an aromatic ring is 1. The second kappa shape index (κ2) is 5.16. The van der Waals surface area contributed by atoms with Gasteiger partial charge in [0.2, 0.25) is 0 Å². The SMILES string of the molecule is CC(C)C(=O)c1sc(NCC2(C(C)C)CC2)cc1N. The van der Waals surface area contributed by atoms with Crippen LogP contribution in [0.1, 0.15) is 50.2 Å². The van der Waals surface area contributed by atoms with Gasteiger partial charge in [0, 0.05) is 12.5 Å². The molecule has 1 fully saturated rings. The van der Waals surface area contributed by atoms with Gasteiger partial charge in [-0.15, -0.1) is 11.3 Å². The van der Waals surface area contributed by atoms with Crippen LogP contribution < -0.4 is 11.1 Å². The fourth-order valence-electron chi connectivity index (χ4n) is 2.33. The number of thiophene rings is 1. The molecule has 0 aromatic carbocycles. The molecule has 1 aliphatic rings. The van der Waals surface area contributed by atoms with Crippen molar-refractivity contribution in [3.63, 3.8) is 0 Å². The molecule has 0 amide bonds. The molecule has 19 heavy (non-hydrogen) atoms. The van der Waals surface area contributed by atoms with Crippen molar-refractivity contribution in [3.05, 3.63) is 10.9 Å². The lowest BCUT2D eigenvalue weighted by molar-refractivity contribution is 0.0944. The summed E-state index contributed by atoms with van der Waals surface area (Å²) in [5, 5.41) is 4.49. The highest BCUT2D eigenvalue weighted by molar-refractivity contribution is 7.18. The molecular formula is C15H24N2OS. The fourth-order valence-corrected chi connectivity index (χ4v) is 3.39. The minimum Gasteiger partial charge on any atom is -0.397 e. The summed E-state index contributed by atoms with van der Waals surface area (Å²) in [5.74, 6) is 0.842. The second-order valence-electron chi connectivity index (χ2n) is 6.28. The van der Waals surface area contributed by atoms with Crippen molar-refractivity contribution in [3.8, 4) is 0 Å². The molecule has 2 rings (SSSR count). The molecule has 0 bridgehead atoms. The smallest absolute Gasteiger partial charge is 0.177 e. The molecule has 0 saturated heterocycles. The van der Waals surface area contributed by atoms with E-state index in [0.717, 1.165) is 11.5 Å². The van der Waals surface area contributed by atoms with Gasteiger partial charge in [-0.1, -0.05) is 27.7 Å². The molecule has 0 atom stereocenters. The monoisotopic (exact) mass is 280 g/mol. The highest BCUT2D eigenvalue weighted by Crippen LogP contribution is 2.52. The van der Waals surface area contributed by atoms with Crippen LogP contribution in [0.25, 0.3) is 0 Å². The normalized spacial score (nSPS) is 16.9. The molecule has 0 radical (unpaired) electrons. The summed E-state index contributed by atoms with van der Waals surface area (Å²) in [6.07, 6.45) is 2.60. The summed E-state index contributed by atoms with van der Waals surface area (Å²) in [7, 11) is 0. The van der Waals surface area contributed by atoms with Gasteiger partial charge in [0.25, 0.3) is 0 Å². The Morgan fingerprint density at radius 3 is 2.53 bits per heavy atom. The number of carbonyl (C=O) groups excluding carboxylic acids is 1. The van der Waals surface area contributed by atoms with Gasteiger partial charge in [0.05, 0.1) is 15.6 Å². The van der Waals surface area contributed by atoms with Crippen LogP contribution in [0, 0.1) is 17.3 Å². The molecule has 1 aromatic rings. The van der Waals surface area contributed by atoms with Crippen LogP contribution in [-0.4, -0.2) is 12.3 Å². The minimum absolute atomic E-state index is 0.000705. The van der Waals surface area contributed by atoms with Crippen LogP contribution in [0.2, 0.25) is 0 Å². The highest BCUT2D eigenvalue weighted by atomic mass is 32.1. The number of ketones is 1. The number of hydrogen-bond acceptors (Lipinski definition) is 4. The summed E-state index contributed by atoms with van der Waals surface area (Å²) < 4.78 is 0. The molecule has 0 spiro atoms. The van der Waals surface area contributed by atoms with Crippen molar-refractivity contribution in [1.29, 1.82) is 0 Å². The van der Waals surface area contributed by atoms with Gasteiger partial charge >= 0.3 is 0 Å². The third kappa shape index (κ3) is 2.94. The molecule has 1 aromatic heterocycles. The average molecular weight is 280 g/mol. The van der Waals surface area contributed by atoms with Crippen molar-refractivity contribution in [2.45, 2.75) is 40.5 Å². The number of hydrogen-bond donors (Lipinski definition) is 2. The third-order valence-electron chi connectivity index (χ3n) is 4.24. The first-order chi connectivity index (χ1) is 8.85. The molecule has 0 unspecified atom stereocenters. The van der Waals surface area contributed by atoms with Crippen LogP contribution in [0.4, 0.5) is 10.7 Å². The van der Waals surface area contributed by atoms with E-state index in [2.05, 4.69) is 19.2 Å². The van der Waals surface area contributed by atoms with E-state index in [4.69, 9.17) is 5.73 Å². The zero-order chi connectivity index (χ0) is 14.2. The molecule has 3 N–H and O–H groups in total. The van der Waals surface area contributed by atoms with E-state index in [1.807, 2.05) is 19.9 Å². The maximum Gasteiger partial charge on any atom is 0.177 e. The van der Waals surface area contributed by atoms with Crippen molar-refractivity contribution >= 4 is 27.8 Å². The Kier molecular flexibility index (Phi) is 3.90. The van der Waals surface area contributed by atoms with E-state index >= 15 is 0 Å². The number of carbonyl (C=O) groups is 1. The van der Waals surface area contributed by atoms with Crippen molar-refractivity contribution in [2.75, 3.05) is 17.6 Å². The summed E-state index contributed by atoms with van der Waals surface area (Å²) in [6.45, 7) is 9.37. The Labute approximate surface area is 119 Å². The van der Waals surface area contributed by atoms with Gasteiger partial charge in [-0.3, -0.25) is 4.79 Å². The summed E-state index contributed by atoms with van der Waals surface area (Å²) in [4.78, 5) is 12.7. The first kappa shape index (κ1) is 14.4. The van der Waals surface area contributed by atoms with E-state index in [9.17, 15) is 4.79 Å². The number of anilines is 2. The van der Waals surface area contributed by atoms with E-state index in [1.165, 1.54) is 24.2 Å². The molecule has 3 nitrogen and oxygen atoms in total. The first-order valence-corrected chi connectivity index (χ1v) is 7.85. The van der Waals surface area contributed by atoms with Gasteiger partial charge in [0.15, 0.2) is 5.78 Å². The summed E-state index contributed by atoms with van der Waals surface area (Å²) in [5.41, 5.74) is 7.02. The molecule has 0 aliphatic heterocycles. The quantitative estimate of drug-likeness (QED) is 0.774. The van der Waals surface area contributed by atoms with Gasteiger partial charge in [-0.25, -0.2) is 0 Å². The van der Waals surface area contributed by atoms with E-state index < -0.39 is 0 Å². The maximum atomic E-state index is 12.0. The van der Waals surface area contributed by atoms with Crippen LogP contribution in [0.3, 0.4) is 0 Å². The fraction of sp³-hybridized carbons (Fsp3) is 0.667. The van der Waals surface area contributed by atoms with Crippen molar-refractivity contribution < 1.29 is 4.79 Å². The topological polar surface area (TPSA) is 55.1 Å². The number of rotatable bonds is 6. The van der Waals surface area contributed by atoms with E-state index in [1.54, 1.807) is 0 Å². The average Bonchev–Trinajstić information content (AvgIpc) is 3.05. The lowest BCUT2D eigenvalue weighted by Crippen LogP contribution is -2.20. The molecule has 1 saturated carbocycles. The highest BCUT2D eigenvalue weighted by Gasteiger charge is 2.44. The molecule has 1 heterocycles. The predicted molar refractivity (Wildman–Crippen MR) is 82.9 cm³/mol. The van der Waals surface area contributed by atoms with Crippen LogP contribution in [0.5, 0.6) is 0 Å². The molecule has 106 valence electrons. The zero-order valence-electron chi connectivity index (χ0n) is 12.2. The second-order valence-corrected chi connectivity index (χ2v) is 7.34. The maximum absolute atomic E-state index is 12.0. The summed E-state index contributed by atoms with van der Waals surface area (Å²) >= 11 is 1.49. The van der Waals surface area contributed by atoms with Gasteiger partial charge in [-0.2, -0.15) is 0 Å². The zero-order valence-corrected chi connectivity index (χ0v) is 13.1. The lowest BCUT2D eigenvalue weighted by atomic mass is 9.92. The molecular weight excluding hydrogens is 256 g/mol. The Bertz CT molecular complexity index is 472. The Hall–Kier alpha value is -1.03. The Morgan fingerprint density at radius 1 is 1.42 bits per heavy atom. The van der Waals surface area contributed by atoms with Crippen LogP contribution >= 0.6 is 11.3 Å². The van der Waals surface area contributed by atoms with Crippen molar-refractivity contribution in [1.82, 2.24) is 0 Å². The molecule has 1 aliphatic carbocycles. The van der Waals surface area contributed by atoms with Gasteiger partial charge < -0.3 is 11.1 Å². The predicted octanol–water partition coefficient (Wildman–Crippen LogP) is 4.02. The number of nitrogens with one attached hydrogen (secondary N) is 1. The number of nitrogens with two attached hydrogens (primary N) is 1. The van der Waals surface area contributed by atoms with Crippen LogP contribution in [-0.2, 0) is 0 Å². The largest absolute Gasteiger partial charge is 0.397 e. The van der Waals surface area contributed by atoms with Crippen LogP contribution in [0.15, 0.2) is 6.07 Å². The number of Topliss-reactive ketones (excluding diaryl/α,β-unsaturated/α-hetero) is 1. The summed E-state index contributed by atoms with van der Waals surface area (Å²) in [6, 6.07) is 1.90. The first-order valence-electron chi connectivity index (χ1n) is 7.03. The van der Waals surface area contributed by atoms with Gasteiger partial charge in [0.1, 0.15) is 0 Å². The minimum atomic E-state index is -0.000705. The molecule has 4 heteroatoms. The lowest BCUT2D eigenvalue weighted by Gasteiger charge is -2.19. The Morgan fingerprint density at radius 2 is 2.05 bits per heavy atom.